The number of hydrogen-bond donors (Lipinski definition) is 1. The highest BCUT2D eigenvalue weighted by Crippen LogP contribution is 2.44. The summed E-state index contributed by atoms with van der Waals surface area (Å²) >= 11 is 3.94. The molecule has 0 spiro atoms. The average molecular weight is 403 g/mol. The minimum Gasteiger partial charge on any atom is -0.493 e. The molecule has 1 aliphatic rings. The molecule has 0 atom stereocenters. The van der Waals surface area contributed by atoms with E-state index in [-0.39, 0.29) is 0 Å². The van der Waals surface area contributed by atoms with Crippen molar-refractivity contribution in [1.82, 2.24) is 0 Å². The summed E-state index contributed by atoms with van der Waals surface area (Å²) < 4.78 is 11.1. The van der Waals surface area contributed by atoms with Gasteiger partial charge in [0, 0.05) is 6.08 Å². The third-order valence-corrected chi connectivity index (χ3v) is 7.30. The molecular weight excluding hydrogens is 380 g/mol. The lowest BCUT2D eigenvalue weighted by Gasteiger charge is -2.21. The second-order valence-corrected chi connectivity index (χ2v) is 8.74. The molecule has 27 heavy (non-hydrogen) atoms. The third kappa shape index (κ3) is 4.82. The van der Waals surface area contributed by atoms with E-state index >= 15 is 0 Å². The molecule has 1 N–H and O–H groups in total. The smallest absolute Gasteiger partial charge is 0.328 e. The van der Waals surface area contributed by atoms with Gasteiger partial charge in [-0.15, -0.1) is 23.5 Å². The Hall–Kier alpha value is -2.05. The first-order chi connectivity index (χ1) is 13.1. The second kappa shape index (κ2) is 9.24. The van der Waals surface area contributed by atoms with Gasteiger partial charge in [-0.1, -0.05) is 30.3 Å². The highest BCUT2D eigenvalue weighted by molar-refractivity contribution is 8.16. The normalized spacial score (nSPS) is 15.4. The van der Waals surface area contributed by atoms with E-state index in [2.05, 4.69) is 12.1 Å². The first-order valence-corrected chi connectivity index (χ1v) is 10.7. The van der Waals surface area contributed by atoms with E-state index < -0.39 is 5.97 Å². The lowest BCUT2D eigenvalue weighted by Crippen LogP contribution is -2.01. The fourth-order valence-electron chi connectivity index (χ4n) is 2.96. The molecule has 2 aromatic carbocycles. The van der Waals surface area contributed by atoms with Crippen LogP contribution in [-0.4, -0.2) is 36.8 Å². The molecular formula is C21H22O4S2. The Morgan fingerprint density at radius 3 is 2.22 bits per heavy atom. The molecule has 1 fully saturated rings. The minimum atomic E-state index is -0.984. The predicted octanol–water partition coefficient (Wildman–Crippen LogP) is 5.09. The van der Waals surface area contributed by atoms with Gasteiger partial charge in [-0.05, 0) is 52.3 Å². The number of methoxy groups -OCH3 is 2. The molecule has 0 amide bonds. The highest BCUT2D eigenvalue weighted by Gasteiger charge is 2.17. The summed E-state index contributed by atoms with van der Waals surface area (Å²) in [6.07, 6.45) is 2.50. The maximum atomic E-state index is 11.4. The molecule has 1 aliphatic heterocycles. The van der Waals surface area contributed by atoms with E-state index in [0.29, 0.717) is 21.7 Å². The first-order valence-electron chi connectivity index (χ1n) is 8.63. The highest BCUT2D eigenvalue weighted by atomic mass is 32.2. The van der Waals surface area contributed by atoms with Gasteiger partial charge in [0.1, 0.15) is 0 Å². The van der Waals surface area contributed by atoms with Crippen molar-refractivity contribution in [1.29, 1.82) is 0 Å². The second-order valence-electron chi connectivity index (χ2n) is 6.02. The van der Waals surface area contributed by atoms with Gasteiger partial charge >= 0.3 is 5.97 Å². The maximum absolute atomic E-state index is 11.4. The molecule has 0 bridgehead atoms. The molecule has 2 aromatic rings. The fraction of sp³-hybridized carbons (Fsp3) is 0.286. The van der Waals surface area contributed by atoms with Crippen molar-refractivity contribution in [3.63, 3.8) is 0 Å². The largest absolute Gasteiger partial charge is 0.493 e. The topological polar surface area (TPSA) is 55.8 Å². The van der Waals surface area contributed by atoms with Crippen molar-refractivity contribution >= 4 is 35.1 Å². The summed E-state index contributed by atoms with van der Waals surface area (Å²) in [6, 6.07) is 13.6. The van der Waals surface area contributed by atoms with E-state index in [0.717, 1.165) is 11.1 Å². The van der Waals surface area contributed by atoms with Crippen LogP contribution in [0.3, 0.4) is 0 Å². The monoisotopic (exact) mass is 402 g/mol. The lowest BCUT2D eigenvalue weighted by molar-refractivity contribution is -0.131. The van der Waals surface area contributed by atoms with Crippen LogP contribution in [0.2, 0.25) is 0 Å². The van der Waals surface area contributed by atoms with Gasteiger partial charge in [-0.2, -0.15) is 0 Å². The molecule has 0 radical (unpaired) electrons. The van der Waals surface area contributed by atoms with Crippen LogP contribution in [-0.2, 0) is 4.79 Å². The Labute approximate surface area is 168 Å². The maximum Gasteiger partial charge on any atom is 0.328 e. The van der Waals surface area contributed by atoms with Crippen LogP contribution in [0.1, 0.15) is 27.7 Å². The quantitative estimate of drug-likeness (QED) is 0.680. The summed E-state index contributed by atoms with van der Waals surface area (Å²) in [5, 5.41) is 9.35. The van der Waals surface area contributed by atoms with Gasteiger partial charge in [-0.25, -0.2) is 4.79 Å². The first kappa shape index (κ1) is 19.7. The van der Waals surface area contributed by atoms with Crippen molar-refractivity contribution in [3.8, 4) is 11.5 Å². The summed E-state index contributed by atoms with van der Waals surface area (Å²) in [5.74, 6) is 2.57. The minimum absolute atomic E-state index is 0.459. The van der Waals surface area contributed by atoms with Gasteiger partial charge in [0.2, 0.25) is 0 Å². The lowest BCUT2D eigenvalue weighted by atomic mass is 9.96. The van der Waals surface area contributed by atoms with Crippen LogP contribution in [0.5, 0.6) is 11.5 Å². The van der Waals surface area contributed by atoms with Crippen molar-refractivity contribution < 1.29 is 19.4 Å². The van der Waals surface area contributed by atoms with Crippen molar-refractivity contribution in [3.05, 3.63) is 65.2 Å². The van der Waals surface area contributed by atoms with Gasteiger partial charge in [-0.3, -0.25) is 0 Å². The van der Waals surface area contributed by atoms with Crippen LogP contribution in [0.25, 0.3) is 5.57 Å². The summed E-state index contributed by atoms with van der Waals surface area (Å²) in [7, 11) is 3.14. The van der Waals surface area contributed by atoms with Crippen molar-refractivity contribution in [2.24, 2.45) is 0 Å². The molecule has 0 aliphatic carbocycles. The summed E-state index contributed by atoms with van der Waals surface area (Å²) in [5.41, 5.74) is 3.54. The summed E-state index contributed by atoms with van der Waals surface area (Å²) in [4.78, 5) is 11.4. The third-order valence-electron chi connectivity index (χ3n) is 4.28. The number of carbonyl (C=O) groups is 1. The SMILES string of the molecule is COc1ccc(/C(=C/C(=O)O)c2ccc(C3SCCCS3)cc2)cc1OC. The summed E-state index contributed by atoms with van der Waals surface area (Å²) in [6.45, 7) is 0. The number of rotatable bonds is 6. The fourth-order valence-corrected chi connectivity index (χ4v) is 5.85. The van der Waals surface area contributed by atoms with E-state index in [4.69, 9.17) is 9.47 Å². The molecule has 0 unspecified atom stereocenters. The number of benzene rings is 2. The van der Waals surface area contributed by atoms with Gasteiger partial charge in [0.05, 0.1) is 18.8 Å². The van der Waals surface area contributed by atoms with Crippen LogP contribution in [0, 0.1) is 0 Å². The molecule has 1 heterocycles. The van der Waals surface area contributed by atoms with Crippen molar-refractivity contribution in [2.45, 2.75) is 11.0 Å². The average Bonchev–Trinajstić information content (AvgIpc) is 2.72. The zero-order valence-corrected chi connectivity index (χ0v) is 16.9. The van der Waals surface area contributed by atoms with Crippen LogP contribution < -0.4 is 9.47 Å². The number of ether oxygens (including phenoxy) is 2. The van der Waals surface area contributed by atoms with Crippen molar-refractivity contribution in [2.75, 3.05) is 25.7 Å². The van der Waals surface area contributed by atoms with Gasteiger partial charge in [0.15, 0.2) is 11.5 Å². The van der Waals surface area contributed by atoms with Gasteiger partial charge < -0.3 is 14.6 Å². The number of carboxylic acid groups (broad SMARTS) is 1. The Morgan fingerprint density at radius 1 is 1.00 bits per heavy atom. The van der Waals surface area contributed by atoms with Crippen LogP contribution >= 0.6 is 23.5 Å². The standard InChI is InChI=1S/C21H22O4S2/c1-24-18-9-8-16(12-19(18)25-2)17(13-20(22)23)14-4-6-15(7-5-14)21-26-10-3-11-27-21/h4-9,12-13,21H,3,10-11H2,1-2H3,(H,22,23)/b17-13+. The zero-order valence-electron chi connectivity index (χ0n) is 15.3. The Bertz CT molecular complexity index is 825. The Kier molecular flexibility index (Phi) is 6.74. The zero-order chi connectivity index (χ0) is 19.2. The van der Waals surface area contributed by atoms with Crippen LogP contribution in [0.15, 0.2) is 48.5 Å². The molecule has 6 heteroatoms. The van der Waals surface area contributed by atoms with E-state index in [9.17, 15) is 9.90 Å². The molecule has 1 saturated heterocycles. The molecule has 0 aromatic heterocycles. The predicted molar refractivity (Wildman–Crippen MR) is 113 cm³/mol. The van der Waals surface area contributed by atoms with Crippen LogP contribution in [0.4, 0.5) is 0 Å². The van der Waals surface area contributed by atoms with E-state index in [1.807, 2.05) is 41.7 Å². The van der Waals surface area contributed by atoms with E-state index in [1.165, 1.54) is 29.6 Å². The molecule has 0 saturated carbocycles. The molecule has 142 valence electrons. The number of hydrogen-bond acceptors (Lipinski definition) is 5. The molecule has 3 rings (SSSR count). The van der Waals surface area contributed by atoms with Gasteiger partial charge in [0.25, 0.3) is 0 Å². The number of carboxylic acids is 1. The number of thioether (sulfide) groups is 2. The molecule has 4 nitrogen and oxygen atoms in total. The Morgan fingerprint density at radius 2 is 1.63 bits per heavy atom. The Balaban J connectivity index is 1.95. The van der Waals surface area contributed by atoms with E-state index in [1.54, 1.807) is 26.4 Å². The number of aliphatic carboxylic acids is 1.